The fraction of sp³-hybridized carbons (Fsp3) is 0.238. The summed E-state index contributed by atoms with van der Waals surface area (Å²) in [6.45, 7) is 0.319. The van der Waals surface area contributed by atoms with Gasteiger partial charge in [0.1, 0.15) is 11.6 Å². The molecule has 7 nitrogen and oxygen atoms in total. The van der Waals surface area contributed by atoms with Gasteiger partial charge in [-0.05, 0) is 29.8 Å². The second-order valence-corrected chi connectivity index (χ2v) is 6.48. The van der Waals surface area contributed by atoms with Crippen LogP contribution in [-0.2, 0) is 17.8 Å². The van der Waals surface area contributed by atoms with Crippen molar-refractivity contribution in [1.82, 2.24) is 20.3 Å². The van der Waals surface area contributed by atoms with Crippen LogP contribution in [0.3, 0.4) is 0 Å². The number of hydrogen-bond acceptors (Lipinski definition) is 6. The third-order valence-corrected chi connectivity index (χ3v) is 4.11. The van der Waals surface area contributed by atoms with Crippen LogP contribution in [0.5, 0.6) is 5.75 Å². The van der Waals surface area contributed by atoms with Gasteiger partial charge in [0.05, 0.1) is 25.8 Å². The number of anilines is 1. The number of carbonyl (C=O) groups excluding carboxylic acids is 1. The zero-order valence-corrected chi connectivity index (χ0v) is 16.2. The molecule has 144 valence electrons. The summed E-state index contributed by atoms with van der Waals surface area (Å²) in [6.07, 6.45) is 3.71. The molecule has 0 spiro atoms. The molecule has 28 heavy (non-hydrogen) atoms. The Bertz CT molecular complexity index is 945. The summed E-state index contributed by atoms with van der Waals surface area (Å²) in [5, 5.41) is 2.93. The minimum absolute atomic E-state index is 0.0822. The van der Waals surface area contributed by atoms with Gasteiger partial charge < -0.3 is 15.0 Å². The summed E-state index contributed by atoms with van der Waals surface area (Å²) < 4.78 is 5.20. The average molecular weight is 377 g/mol. The molecule has 0 fully saturated rings. The maximum absolute atomic E-state index is 12.3. The summed E-state index contributed by atoms with van der Waals surface area (Å²) in [6, 6.07) is 13.1. The highest BCUT2D eigenvalue weighted by Gasteiger charge is 2.10. The highest BCUT2D eigenvalue weighted by molar-refractivity contribution is 5.78. The van der Waals surface area contributed by atoms with E-state index in [1.54, 1.807) is 19.5 Å². The van der Waals surface area contributed by atoms with E-state index in [0.717, 1.165) is 28.4 Å². The highest BCUT2D eigenvalue weighted by atomic mass is 16.5. The van der Waals surface area contributed by atoms with E-state index < -0.39 is 0 Å². The van der Waals surface area contributed by atoms with Crippen molar-refractivity contribution in [2.45, 2.75) is 13.0 Å². The van der Waals surface area contributed by atoms with Crippen LogP contribution in [0.1, 0.15) is 11.3 Å². The molecule has 3 rings (SSSR count). The molecule has 0 saturated heterocycles. The number of nitrogens with one attached hydrogen (secondary N) is 1. The third-order valence-electron chi connectivity index (χ3n) is 4.11. The predicted octanol–water partition coefficient (Wildman–Crippen LogP) is 2.47. The number of ether oxygens (including phenoxy) is 1. The molecule has 3 aromatic rings. The van der Waals surface area contributed by atoms with E-state index in [9.17, 15) is 4.79 Å². The van der Waals surface area contributed by atoms with Crippen LogP contribution in [0.2, 0.25) is 0 Å². The van der Waals surface area contributed by atoms with Gasteiger partial charge in [0.25, 0.3) is 0 Å². The Morgan fingerprint density at radius 2 is 2.00 bits per heavy atom. The van der Waals surface area contributed by atoms with Crippen molar-refractivity contribution in [2.24, 2.45) is 0 Å². The normalized spacial score (nSPS) is 10.4. The SMILES string of the molecule is COc1cccc(CC(=O)NCc2cc(N(C)C)nc(-c3cccnc3)n2)c1. The number of rotatable bonds is 7. The Morgan fingerprint density at radius 3 is 2.71 bits per heavy atom. The molecule has 1 N–H and O–H groups in total. The molecule has 7 heteroatoms. The zero-order valence-electron chi connectivity index (χ0n) is 16.2. The lowest BCUT2D eigenvalue weighted by atomic mass is 10.1. The minimum atomic E-state index is -0.0822. The van der Waals surface area contributed by atoms with Gasteiger partial charge in [-0.15, -0.1) is 0 Å². The summed E-state index contributed by atoms with van der Waals surface area (Å²) in [5.74, 6) is 2.00. The van der Waals surface area contributed by atoms with Crippen molar-refractivity contribution in [2.75, 3.05) is 26.1 Å². The lowest BCUT2D eigenvalue weighted by Gasteiger charge is -2.14. The van der Waals surface area contributed by atoms with E-state index in [1.807, 2.05) is 61.5 Å². The summed E-state index contributed by atoms with van der Waals surface area (Å²) in [7, 11) is 5.44. The number of nitrogens with zero attached hydrogens (tertiary/aromatic N) is 4. The number of amides is 1. The van der Waals surface area contributed by atoms with E-state index in [1.165, 1.54) is 0 Å². The fourth-order valence-electron chi connectivity index (χ4n) is 2.65. The molecule has 0 aliphatic rings. The topological polar surface area (TPSA) is 80.2 Å². The van der Waals surface area contributed by atoms with Gasteiger partial charge in [-0.1, -0.05) is 12.1 Å². The number of aromatic nitrogens is 3. The van der Waals surface area contributed by atoms with Gasteiger partial charge in [-0.2, -0.15) is 0 Å². The molecule has 2 aromatic heterocycles. The minimum Gasteiger partial charge on any atom is -0.497 e. The van der Waals surface area contributed by atoms with Crippen LogP contribution in [0, 0.1) is 0 Å². The molecule has 0 aliphatic heterocycles. The van der Waals surface area contributed by atoms with Crippen molar-refractivity contribution in [3.05, 3.63) is 66.1 Å². The van der Waals surface area contributed by atoms with E-state index in [4.69, 9.17) is 4.74 Å². The van der Waals surface area contributed by atoms with E-state index in [0.29, 0.717) is 12.4 Å². The Kier molecular flexibility index (Phi) is 6.16. The van der Waals surface area contributed by atoms with Crippen molar-refractivity contribution in [3.8, 4) is 17.1 Å². The first-order valence-corrected chi connectivity index (χ1v) is 8.90. The van der Waals surface area contributed by atoms with Gasteiger partial charge in [-0.3, -0.25) is 9.78 Å². The molecule has 1 aromatic carbocycles. The van der Waals surface area contributed by atoms with Gasteiger partial charge in [0.15, 0.2) is 5.82 Å². The van der Waals surface area contributed by atoms with Crippen molar-refractivity contribution < 1.29 is 9.53 Å². The van der Waals surface area contributed by atoms with Crippen LogP contribution in [0.25, 0.3) is 11.4 Å². The lowest BCUT2D eigenvalue weighted by molar-refractivity contribution is -0.120. The lowest BCUT2D eigenvalue weighted by Crippen LogP contribution is -2.25. The standard InChI is InChI=1S/C21H23N5O2/c1-26(2)19-12-17(24-21(25-19)16-7-5-9-22-13-16)14-23-20(27)11-15-6-4-8-18(10-15)28-3/h4-10,12-13H,11,14H2,1-3H3,(H,23,27). The molecular weight excluding hydrogens is 354 g/mol. The fourth-order valence-corrected chi connectivity index (χ4v) is 2.65. The molecule has 1 amide bonds. The zero-order chi connectivity index (χ0) is 19.9. The number of methoxy groups -OCH3 is 1. The highest BCUT2D eigenvalue weighted by Crippen LogP contribution is 2.18. The van der Waals surface area contributed by atoms with Crippen molar-refractivity contribution >= 4 is 11.7 Å². The molecule has 0 atom stereocenters. The van der Waals surface area contributed by atoms with Crippen LogP contribution >= 0.6 is 0 Å². The number of hydrogen-bond donors (Lipinski definition) is 1. The summed E-state index contributed by atoms with van der Waals surface area (Å²) in [5.41, 5.74) is 2.45. The van der Waals surface area contributed by atoms with Gasteiger partial charge >= 0.3 is 0 Å². The Hall–Kier alpha value is -3.48. The van der Waals surface area contributed by atoms with E-state index in [2.05, 4.69) is 20.3 Å². The van der Waals surface area contributed by atoms with E-state index >= 15 is 0 Å². The van der Waals surface area contributed by atoms with Crippen LogP contribution in [-0.4, -0.2) is 42.1 Å². The number of pyridine rings is 1. The first kappa shape index (κ1) is 19.3. The molecule has 0 unspecified atom stereocenters. The largest absolute Gasteiger partial charge is 0.497 e. The average Bonchev–Trinajstić information content (AvgIpc) is 2.73. The van der Waals surface area contributed by atoms with Gasteiger partial charge in [-0.25, -0.2) is 9.97 Å². The molecule has 0 saturated carbocycles. The smallest absolute Gasteiger partial charge is 0.224 e. The molecule has 0 bridgehead atoms. The Balaban J connectivity index is 1.72. The van der Waals surface area contributed by atoms with Gasteiger partial charge in [0, 0.05) is 38.1 Å². The summed E-state index contributed by atoms with van der Waals surface area (Å²) in [4.78, 5) is 27.5. The number of carbonyl (C=O) groups is 1. The molecule has 0 radical (unpaired) electrons. The molecular formula is C21H23N5O2. The first-order chi connectivity index (χ1) is 13.5. The van der Waals surface area contributed by atoms with Crippen molar-refractivity contribution in [3.63, 3.8) is 0 Å². The van der Waals surface area contributed by atoms with Gasteiger partial charge in [0.2, 0.25) is 5.91 Å². The molecule has 2 heterocycles. The maximum atomic E-state index is 12.3. The van der Waals surface area contributed by atoms with Crippen LogP contribution in [0.4, 0.5) is 5.82 Å². The summed E-state index contributed by atoms with van der Waals surface area (Å²) >= 11 is 0. The van der Waals surface area contributed by atoms with Crippen LogP contribution in [0.15, 0.2) is 54.9 Å². The second kappa shape index (κ2) is 8.94. The second-order valence-electron chi connectivity index (χ2n) is 6.48. The predicted molar refractivity (Wildman–Crippen MR) is 108 cm³/mol. The first-order valence-electron chi connectivity index (χ1n) is 8.90. The third kappa shape index (κ3) is 5.03. The Labute approximate surface area is 164 Å². The van der Waals surface area contributed by atoms with Crippen molar-refractivity contribution in [1.29, 1.82) is 0 Å². The van der Waals surface area contributed by atoms with Crippen LogP contribution < -0.4 is 15.0 Å². The maximum Gasteiger partial charge on any atom is 0.224 e. The monoisotopic (exact) mass is 377 g/mol. The molecule has 0 aliphatic carbocycles. The quantitative estimate of drug-likeness (QED) is 0.681. The Morgan fingerprint density at radius 1 is 1.14 bits per heavy atom. The number of benzene rings is 1. The van der Waals surface area contributed by atoms with E-state index in [-0.39, 0.29) is 12.3 Å².